The number of hydrogen-bond acceptors (Lipinski definition) is 2. The molecule has 0 bridgehead atoms. The van der Waals surface area contributed by atoms with Crippen LogP contribution in [0.2, 0.25) is 0 Å². The number of nitrogens with zero attached hydrogens (tertiary/aromatic N) is 1. The third kappa shape index (κ3) is 3.16. The largest absolute Gasteiger partial charge is 0.314 e. The third-order valence-corrected chi connectivity index (χ3v) is 6.06. The van der Waals surface area contributed by atoms with Gasteiger partial charge >= 0.3 is 0 Å². The molecular weight excluding hydrogens is 232 g/mol. The summed E-state index contributed by atoms with van der Waals surface area (Å²) in [4.78, 5) is 2.67. The zero-order valence-corrected chi connectivity index (χ0v) is 12.9. The molecule has 2 heterocycles. The molecule has 0 aromatic heterocycles. The first kappa shape index (κ1) is 13.9. The van der Waals surface area contributed by atoms with Crippen molar-refractivity contribution in [1.29, 1.82) is 0 Å². The highest BCUT2D eigenvalue weighted by Gasteiger charge is 2.40. The number of piperidine rings is 2. The molecule has 3 aliphatic rings. The maximum Gasteiger partial charge on any atom is 0.0126 e. The second-order valence-corrected chi connectivity index (χ2v) is 7.57. The van der Waals surface area contributed by atoms with Gasteiger partial charge in [0.15, 0.2) is 0 Å². The fourth-order valence-corrected chi connectivity index (χ4v) is 5.13. The van der Waals surface area contributed by atoms with Gasteiger partial charge in [0, 0.05) is 12.1 Å². The SMILES string of the molecule is CC1CC(CC2CCCCN2)C2CCCN(C)C2C1. The average Bonchev–Trinajstić information content (AvgIpc) is 2.41. The van der Waals surface area contributed by atoms with E-state index in [9.17, 15) is 0 Å². The van der Waals surface area contributed by atoms with Crippen molar-refractivity contribution < 1.29 is 0 Å². The molecule has 1 aliphatic carbocycles. The lowest BCUT2D eigenvalue weighted by Gasteiger charge is -2.49. The molecule has 3 rings (SSSR count). The van der Waals surface area contributed by atoms with Crippen LogP contribution in [0.1, 0.15) is 58.3 Å². The molecular formula is C17H32N2. The summed E-state index contributed by atoms with van der Waals surface area (Å²) in [5, 5.41) is 3.77. The maximum atomic E-state index is 3.77. The molecule has 3 fully saturated rings. The summed E-state index contributed by atoms with van der Waals surface area (Å²) in [5.74, 6) is 2.93. The van der Waals surface area contributed by atoms with E-state index >= 15 is 0 Å². The van der Waals surface area contributed by atoms with Gasteiger partial charge < -0.3 is 10.2 Å². The van der Waals surface area contributed by atoms with E-state index in [0.717, 1.165) is 29.8 Å². The van der Waals surface area contributed by atoms with Crippen molar-refractivity contribution in [2.24, 2.45) is 17.8 Å². The van der Waals surface area contributed by atoms with E-state index in [-0.39, 0.29) is 0 Å². The third-order valence-electron chi connectivity index (χ3n) is 6.06. The molecule has 0 radical (unpaired) electrons. The standard InChI is InChI=1S/C17H32N2/c1-13-10-14(12-15-6-3-4-8-18-15)16-7-5-9-19(2)17(16)11-13/h13-18H,3-12H2,1-2H3. The van der Waals surface area contributed by atoms with Crippen LogP contribution >= 0.6 is 0 Å². The van der Waals surface area contributed by atoms with Gasteiger partial charge in [-0.15, -0.1) is 0 Å². The quantitative estimate of drug-likeness (QED) is 0.823. The predicted octanol–water partition coefficient (Wildman–Crippen LogP) is 3.28. The maximum absolute atomic E-state index is 3.77. The van der Waals surface area contributed by atoms with E-state index in [2.05, 4.69) is 24.2 Å². The van der Waals surface area contributed by atoms with E-state index in [1.54, 1.807) is 0 Å². The predicted molar refractivity (Wildman–Crippen MR) is 81.3 cm³/mol. The molecule has 0 aromatic rings. The number of fused-ring (bicyclic) bond motifs is 1. The van der Waals surface area contributed by atoms with Crippen LogP contribution < -0.4 is 5.32 Å². The number of nitrogens with one attached hydrogen (secondary N) is 1. The lowest BCUT2D eigenvalue weighted by Crippen LogP contribution is -2.50. The fourth-order valence-electron chi connectivity index (χ4n) is 5.13. The topological polar surface area (TPSA) is 15.3 Å². The van der Waals surface area contributed by atoms with Gasteiger partial charge in [0.05, 0.1) is 0 Å². The lowest BCUT2D eigenvalue weighted by atomic mass is 9.66. The molecule has 0 spiro atoms. The first-order valence-corrected chi connectivity index (χ1v) is 8.67. The van der Waals surface area contributed by atoms with E-state index in [4.69, 9.17) is 0 Å². The highest BCUT2D eigenvalue weighted by atomic mass is 15.1. The highest BCUT2D eigenvalue weighted by Crippen LogP contribution is 2.43. The second-order valence-electron chi connectivity index (χ2n) is 7.57. The summed E-state index contributed by atoms with van der Waals surface area (Å²) >= 11 is 0. The van der Waals surface area contributed by atoms with E-state index in [1.165, 1.54) is 64.5 Å². The van der Waals surface area contributed by atoms with Gasteiger partial charge in [-0.1, -0.05) is 13.3 Å². The molecule has 1 saturated carbocycles. The monoisotopic (exact) mass is 264 g/mol. The Bertz CT molecular complexity index is 285. The first-order valence-electron chi connectivity index (χ1n) is 8.67. The smallest absolute Gasteiger partial charge is 0.0126 e. The summed E-state index contributed by atoms with van der Waals surface area (Å²) in [6.07, 6.45) is 11.6. The van der Waals surface area contributed by atoms with Crippen molar-refractivity contribution in [3.63, 3.8) is 0 Å². The van der Waals surface area contributed by atoms with Crippen molar-refractivity contribution in [2.75, 3.05) is 20.1 Å². The van der Waals surface area contributed by atoms with Gasteiger partial charge in [0.2, 0.25) is 0 Å². The van der Waals surface area contributed by atoms with Crippen LogP contribution in [-0.4, -0.2) is 37.1 Å². The zero-order chi connectivity index (χ0) is 13.2. The van der Waals surface area contributed by atoms with E-state index in [1.807, 2.05) is 0 Å². The molecule has 0 aromatic carbocycles. The Morgan fingerprint density at radius 1 is 1.11 bits per heavy atom. The van der Waals surface area contributed by atoms with Crippen LogP contribution in [0.15, 0.2) is 0 Å². The summed E-state index contributed by atoms with van der Waals surface area (Å²) in [6.45, 7) is 5.09. The molecule has 5 unspecified atom stereocenters. The zero-order valence-electron chi connectivity index (χ0n) is 12.9. The minimum absolute atomic E-state index is 0.830. The Balaban J connectivity index is 1.64. The van der Waals surface area contributed by atoms with Crippen molar-refractivity contribution >= 4 is 0 Å². The minimum Gasteiger partial charge on any atom is -0.314 e. The molecule has 110 valence electrons. The number of likely N-dealkylation sites (tertiary alicyclic amines) is 1. The van der Waals surface area contributed by atoms with Crippen molar-refractivity contribution in [3.05, 3.63) is 0 Å². The Morgan fingerprint density at radius 2 is 2.00 bits per heavy atom. The van der Waals surface area contributed by atoms with Crippen LogP contribution in [-0.2, 0) is 0 Å². The average molecular weight is 264 g/mol. The molecule has 2 nitrogen and oxygen atoms in total. The summed E-state index contributed by atoms with van der Waals surface area (Å²) in [5.41, 5.74) is 0. The van der Waals surface area contributed by atoms with Gasteiger partial charge in [-0.05, 0) is 82.8 Å². The van der Waals surface area contributed by atoms with Crippen LogP contribution in [0.3, 0.4) is 0 Å². The van der Waals surface area contributed by atoms with Gasteiger partial charge in [-0.25, -0.2) is 0 Å². The molecule has 2 aliphatic heterocycles. The van der Waals surface area contributed by atoms with Crippen LogP contribution in [0.25, 0.3) is 0 Å². The van der Waals surface area contributed by atoms with Crippen LogP contribution in [0.4, 0.5) is 0 Å². The van der Waals surface area contributed by atoms with Crippen molar-refractivity contribution in [2.45, 2.75) is 70.4 Å². The van der Waals surface area contributed by atoms with Gasteiger partial charge in [0.1, 0.15) is 0 Å². The number of hydrogen-bond donors (Lipinski definition) is 1. The van der Waals surface area contributed by atoms with Gasteiger partial charge in [0.25, 0.3) is 0 Å². The molecule has 2 saturated heterocycles. The van der Waals surface area contributed by atoms with Crippen LogP contribution in [0.5, 0.6) is 0 Å². The Morgan fingerprint density at radius 3 is 2.79 bits per heavy atom. The van der Waals surface area contributed by atoms with Crippen LogP contribution in [0, 0.1) is 17.8 Å². The Kier molecular flexibility index (Phi) is 4.48. The fraction of sp³-hybridized carbons (Fsp3) is 1.00. The lowest BCUT2D eigenvalue weighted by molar-refractivity contribution is 0.0145. The minimum atomic E-state index is 0.830. The van der Waals surface area contributed by atoms with Gasteiger partial charge in [-0.2, -0.15) is 0 Å². The number of rotatable bonds is 2. The van der Waals surface area contributed by atoms with Gasteiger partial charge in [-0.3, -0.25) is 0 Å². The molecule has 1 N–H and O–H groups in total. The normalized spacial score (nSPS) is 44.8. The first-order chi connectivity index (χ1) is 9.24. The van der Waals surface area contributed by atoms with Crippen molar-refractivity contribution in [3.8, 4) is 0 Å². The molecule has 2 heteroatoms. The Labute approximate surface area is 119 Å². The Hall–Kier alpha value is -0.0800. The second kappa shape index (κ2) is 6.13. The molecule has 19 heavy (non-hydrogen) atoms. The summed E-state index contributed by atoms with van der Waals surface area (Å²) < 4.78 is 0. The summed E-state index contributed by atoms with van der Waals surface area (Å²) in [7, 11) is 2.37. The summed E-state index contributed by atoms with van der Waals surface area (Å²) in [6, 6.07) is 1.73. The highest BCUT2D eigenvalue weighted by molar-refractivity contribution is 4.94. The van der Waals surface area contributed by atoms with E-state index in [0.29, 0.717) is 0 Å². The molecule has 0 amide bonds. The molecule has 5 atom stereocenters. The van der Waals surface area contributed by atoms with E-state index < -0.39 is 0 Å². The van der Waals surface area contributed by atoms with Crippen molar-refractivity contribution in [1.82, 2.24) is 10.2 Å².